The number of benzene rings is 2. The van der Waals surface area contributed by atoms with Crippen LogP contribution in [0.3, 0.4) is 0 Å². The summed E-state index contributed by atoms with van der Waals surface area (Å²) in [7, 11) is 1.63. The number of rotatable bonds is 3. The Balaban J connectivity index is 2.01. The second kappa shape index (κ2) is 6.23. The van der Waals surface area contributed by atoms with Gasteiger partial charge in [0.05, 0.1) is 12.4 Å². The molecule has 1 saturated heterocycles. The van der Waals surface area contributed by atoms with E-state index in [0.29, 0.717) is 5.02 Å². The van der Waals surface area contributed by atoms with Crippen LogP contribution in [0.25, 0.3) is 0 Å². The molecule has 0 spiro atoms. The highest BCUT2D eigenvalue weighted by Gasteiger charge is 2.40. The van der Waals surface area contributed by atoms with E-state index >= 15 is 0 Å². The van der Waals surface area contributed by atoms with Crippen molar-refractivity contribution < 1.29 is 9.53 Å². The molecule has 1 aliphatic rings. The lowest BCUT2D eigenvalue weighted by molar-refractivity contribution is -0.117. The molecule has 114 valence electrons. The first-order valence-corrected chi connectivity index (χ1v) is 8.31. The topological polar surface area (TPSA) is 29.5 Å². The molecule has 3 nitrogen and oxygen atoms in total. The van der Waals surface area contributed by atoms with Gasteiger partial charge in [-0.05, 0) is 37.3 Å². The minimum absolute atomic E-state index is 0.0941. The normalized spacial score (nSPS) is 21.2. The predicted molar refractivity (Wildman–Crippen MR) is 91.7 cm³/mol. The molecule has 0 bridgehead atoms. The molecule has 3 rings (SSSR count). The molecule has 22 heavy (non-hydrogen) atoms. The molecule has 0 saturated carbocycles. The summed E-state index contributed by atoms with van der Waals surface area (Å²) in [6.07, 6.45) is 0. The Kier molecular flexibility index (Phi) is 4.32. The highest BCUT2D eigenvalue weighted by Crippen LogP contribution is 2.47. The number of thioether (sulfide) groups is 1. The summed E-state index contributed by atoms with van der Waals surface area (Å²) in [6.45, 7) is 1.93. The smallest absolute Gasteiger partial charge is 0.241 e. The number of halogens is 1. The zero-order chi connectivity index (χ0) is 15.7. The van der Waals surface area contributed by atoms with Crippen molar-refractivity contribution in [2.24, 2.45) is 0 Å². The molecule has 0 radical (unpaired) electrons. The van der Waals surface area contributed by atoms with Crippen molar-refractivity contribution in [1.29, 1.82) is 0 Å². The van der Waals surface area contributed by atoms with Gasteiger partial charge >= 0.3 is 0 Å². The van der Waals surface area contributed by atoms with Gasteiger partial charge in [-0.1, -0.05) is 29.8 Å². The van der Waals surface area contributed by atoms with Gasteiger partial charge in [0.15, 0.2) is 0 Å². The van der Waals surface area contributed by atoms with Crippen LogP contribution < -0.4 is 9.64 Å². The number of hydrogen-bond donors (Lipinski definition) is 0. The fourth-order valence-electron chi connectivity index (χ4n) is 2.52. The van der Waals surface area contributed by atoms with Crippen LogP contribution in [-0.4, -0.2) is 18.3 Å². The lowest BCUT2D eigenvalue weighted by atomic mass is 10.1. The third kappa shape index (κ3) is 2.69. The van der Waals surface area contributed by atoms with E-state index in [4.69, 9.17) is 16.3 Å². The Labute approximate surface area is 139 Å². The fourth-order valence-corrected chi connectivity index (χ4v) is 4.14. The number of methoxy groups -OCH3 is 1. The molecule has 1 heterocycles. The summed E-state index contributed by atoms with van der Waals surface area (Å²) in [5.74, 6) is 0.866. The maximum absolute atomic E-state index is 12.6. The van der Waals surface area contributed by atoms with E-state index in [1.165, 1.54) is 0 Å². The van der Waals surface area contributed by atoms with Gasteiger partial charge in [-0.15, -0.1) is 11.8 Å². The van der Waals surface area contributed by atoms with Gasteiger partial charge in [0, 0.05) is 16.3 Å². The van der Waals surface area contributed by atoms with Crippen LogP contribution >= 0.6 is 23.4 Å². The average molecular weight is 334 g/mol. The first-order chi connectivity index (χ1) is 10.6. The van der Waals surface area contributed by atoms with E-state index < -0.39 is 0 Å². The molecular formula is C17H16ClNO2S. The summed E-state index contributed by atoms with van der Waals surface area (Å²) in [4.78, 5) is 14.4. The number of ether oxygens (including phenoxy) is 1. The van der Waals surface area contributed by atoms with E-state index in [1.54, 1.807) is 18.9 Å². The SMILES string of the molecule is COc1ccc(N2C(=O)C(C)SC2c2ccccc2Cl)cc1. The minimum Gasteiger partial charge on any atom is -0.497 e. The summed E-state index contributed by atoms with van der Waals surface area (Å²) in [5, 5.41) is 0.480. The Morgan fingerprint density at radius 2 is 1.82 bits per heavy atom. The molecule has 0 aromatic heterocycles. The molecule has 2 unspecified atom stereocenters. The highest BCUT2D eigenvalue weighted by atomic mass is 35.5. The van der Waals surface area contributed by atoms with E-state index in [0.717, 1.165) is 17.0 Å². The van der Waals surface area contributed by atoms with Gasteiger partial charge in [0.1, 0.15) is 11.1 Å². The van der Waals surface area contributed by atoms with Crippen LogP contribution in [0.5, 0.6) is 5.75 Å². The van der Waals surface area contributed by atoms with E-state index in [1.807, 2.05) is 60.4 Å². The average Bonchev–Trinajstić information content (AvgIpc) is 2.83. The largest absolute Gasteiger partial charge is 0.497 e. The Morgan fingerprint density at radius 1 is 1.14 bits per heavy atom. The molecule has 0 aliphatic carbocycles. The summed E-state index contributed by atoms with van der Waals surface area (Å²) in [5.41, 5.74) is 1.82. The van der Waals surface area contributed by atoms with Crippen LogP contribution in [0, 0.1) is 0 Å². The van der Waals surface area contributed by atoms with Crippen molar-refractivity contribution in [3.8, 4) is 5.75 Å². The second-order valence-corrected chi connectivity index (χ2v) is 6.89. The second-order valence-electron chi connectivity index (χ2n) is 5.06. The number of anilines is 1. The number of nitrogens with zero attached hydrogens (tertiary/aromatic N) is 1. The first-order valence-electron chi connectivity index (χ1n) is 6.99. The number of carbonyl (C=O) groups is 1. The predicted octanol–water partition coefficient (Wildman–Crippen LogP) is 4.52. The lowest BCUT2D eigenvalue weighted by Gasteiger charge is -2.25. The Hall–Kier alpha value is -1.65. The van der Waals surface area contributed by atoms with Gasteiger partial charge in [-0.25, -0.2) is 0 Å². The van der Waals surface area contributed by atoms with Gasteiger partial charge in [-0.2, -0.15) is 0 Å². The standard InChI is InChI=1S/C17H16ClNO2S/c1-11-16(20)19(12-7-9-13(21-2)10-8-12)17(22-11)14-5-3-4-6-15(14)18/h3-11,17H,1-2H3. The van der Waals surface area contributed by atoms with E-state index in [-0.39, 0.29) is 16.5 Å². The maximum atomic E-state index is 12.6. The molecule has 2 aromatic carbocycles. The first kappa shape index (κ1) is 15.3. The van der Waals surface area contributed by atoms with E-state index in [9.17, 15) is 4.79 Å². The van der Waals surface area contributed by atoms with Crippen molar-refractivity contribution >= 4 is 35.0 Å². The van der Waals surface area contributed by atoms with Crippen molar-refractivity contribution in [1.82, 2.24) is 0 Å². The van der Waals surface area contributed by atoms with Crippen LogP contribution in [0.4, 0.5) is 5.69 Å². The van der Waals surface area contributed by atoms with E-state index in [2.05, 4.69) is 0 Å². The fraction of sp³-hybridized carbons (Fsp3) is 0.235. The Bertz CT molecular complexity index is 689. The summed E-state index contributed by atoms with van der Waals surface area (Å²) >= 11 is 7.94. The quantitative estimate of drug-likeness (QED) is 0.827. The van der Waals surface area contributed by atoms with Gasteiger partial charge in [0.25, 0.3) is 0 Å². The van der Waals surface area contributed by atoms with Crippen LogP contribution in [0.15, 0.2) is 48.5 Å². The number of carbonyl (C=O) groups excluding carboxylic acids is 1. The van der Waals surface area contributed by atoms with Crippen molar-refractivity contribution in [3.63, 3.8) is 0 Å². The summed E-state index contributed by atoms with van der Waals surface area (Å²) in [6, 6.07) is 15.2. The number of hydrogen-bond acceptors (Lipinski definition) is 3. The summed E-state index contributed by atoms with van der Waals surface area (Å²) < 4.78 is 5.18. The molecule has 2 atom stereocenters. The van der Waals surface area contributed by atoms with Crippen molar-refractivity contribution in [2.75, 3.05) is 12.0 Å². The van der Waals surface area contributed by atoms with Crippen LogP contribution in [0.1, 0.15) is 17.9 Å². The third-order valence-corrected chi connectivity index (χ3v) is 5.35. The van der Waals surface area contributed by atoms with Crippen LogP contribution in [0.2, 0.25) is 5.02 Å². The van der Waals surface area contributed by atoms with Gasteiger partial charge < -0.3 is 4.74 Å². The molecule has 1 amide bonds. The molecule has 1 aliphatic heterocycles. The molecule has 5 heteroatoms. The minimum atomic E-state index is -0.107. The molecule has 0 N–H and O–H groups in total. The lowest BCUT2D eigenvalue weighted by Crippen LogP contribution is -2.30. The molecule has 1 fully saturated rings. The molecule has 2 aromatic rings. The highest BCUT2D eigenvalue weighted by molar-refractivity contribution is 8.01. The van der Waals surface area contributed by atoms with Crippen LogP contribution in [-0.2, 0) is 4.79 Å². The van der Waals surface area contributed by atoms with Gasteiger partial charge in [0.2, 0.25) is 5.91 Å². The Morgan fingerprint density at radius 3 is 2.45 bits per heavy atom. The molecular weight excluding hydrogens is 318 g/mol. The zero-order valence-corrected chi connectivity index (χ0v) is 13.9. The van der Waals surface area contributed by atoms with Crippen molar-refractivity contribution in [2.45, 2.75) is 17.5 Å². The number of amides is 1. The zero-order valence-electron chi connectivity index (χ0n) is 12.3. The van der Waals surface area contributed by atoms with Crippen molar-refractivity contribution in [3.05, 3.63) is 59.1 Å². The maximum Gasteiger partial charge on any atom is 0.241 e. The van der Waals surface area contributed by atoms with Gasteiger partial charge in [-0.3, -0.25) is 9.69 Å². The third-order valence-electron chi connectivity index (χ3n) is 3.67. The monoisotopic (exact) mass is 333 g/mol.